The standard InChI is InChI=1S/C21H19ClO4/c1-12-16-10-18(22)20(25-14(3)13(2)23)11-19(16)26-21(24)17(12)9-15-7-5-4-6-8-15/h4-8,10-11,14H,9H2,1-3H3/t14-/m0/s1. The number of carbonyl (C=O) groups is 1. The van der Waals surface area contributed by atoms with Gasteiger partial charge >= 0.3 is 5.63 Å². The Morgan fingerprint density at radius 1 is 1.23 bits per heavy atom. The number of rotatable bonds is 5. The Kier molecular flexibility index (Phi) is 5.14. The highest BCUT2D eigenvalue weighted by molar-refractivity contribution is 6.32. The van der Waals surface area contributed by atoms with Crippen LogP contribution in [0.25, 0.3) is 11.0 Å². The van der Waals surface area contributed by atoms with E-state index in [1.807, 2.05) is 37.3 Å². The molecule has 0 radical (unpaired) electrons. The van der Waals surface area contributed by atoms with Crippen LogP contribution in [0.5, 0.6) is 5.75 Å². The van der Waals surface area contributed by atoms with Crippen molar-refractivity contribution < 1.29 is 13.9 Å². The molecule has 3 aromatic rings. The highest BCUT2D eigenvalue weighted by atomic mass is 35.5. The molecule has 0 N–H and O–H groups in total. The van der Waals surface area contributed by atoms with Crippen LogP contribution in [0, 0.1) is 6.92 Å². The summed E-state index contributed by atoms with van der Waals surface area (Å²) < 4.78 is 11.1. The van der Waals surface area contributed by atoms with Crippen LogP contribution in [0.1, 0.15) is 30.5 Å². The molecule has 0 aliphatic heterocycles. The molecule has 1 heterocycles. The summed E-state index contributed by atoms with van der Waals surface area (Å²) in [5, 5.41) is 1.12. The fraction of sp³-hybridized carbons (Fsp3) is 0.238. The number of benzene rings is 2. The number of fused-ring (bicyclic) bond motifs is 1. The Morgan fingerprint density at radius 2 is 1.92 bits per heavy atom. The van der Waals surface area contributed by atoms with Gasteiger partial charge in [0.2, 0.25) is 0 Å². The molecule has 1 aromatic heterocycles. The maximum atomic E-state index is 12.5. The largest absolute Gasteiger partial charge is 0.481 e. The summed E-state index contributed by atoms with van der Waals surface area (Å²) in [5.74, 6) is 0.206. The molecular formula is C21H19ClO4. The summed E-state index contributed by atoms with van der Waals surface area (Å²) in [6.07, 6.45) is -0.141. The molecule has 3 rings (SSSR count). The van der Waals surface area contributed by atoms with Crippen molar-refractivity contribution in [3.8, 4) is 5.75 Å². The summed E-state index contributed by atoms with van der Waals surface area (Å²) in [5.41, 5.74) is 2.47. The first-order valence-corrected chi connectivity index (χ1v) is 8.71. The second-order valence-electron chi connectivity index (χ2n) is 6.30. The zero-order valence-corrected chi connectivity index (χ0v) is 15.6. The second kappa shape index (κ2) is 7.34. The molecule has 0 amide bonds. The van der Waals surface area contributed by atoms with Crippen LogP contribution in [0.15, 0.2) is 51.7 Å². The lowest BCUT2D eigenvalue weighted by Gasteiger charge is -2.14. The molecular weight excluding hydrogens is 352 g/mol. The van der Waals surface area contributed by atoms with Crippen molar-refractivity contribution in [1.82, 2.24) is 0 Å². The van der Waals surface area contributed by atoms with E-state index in [2.05, 4.69) is 0 Å². The number of ketones is 1. The number of Topliss-reactive ketones (excluding diaryl/α,β-unsaturated/α-hetero) is 1. The van der Waals surface area contributed by atoms with E-state index in [-0.39, 0.29) is 11.4 Å². The molecule has 0 saturated heterocycles. The maximum Gasteiger partial charge on any atom is 0.340 e. The van der Waals surface area contributed by atoms with Crippen molar-refractivity contribution in [3.63, 3.8) is 0 Å². The van der Waals surface area contributed by atoms with E-state index in [9.17, 15) is 9.59 Å². The lowest BCUT2D eigenvalue weighted by atomic mass is 9.99. The predicted molar refractivity (Wildman–Crippen MR) is 102 cm³/mol. The van der Waals surface area contributed by atoms with Gasteiger partial charge in [0, 0.05) is 23.4 Å². The molecule has 1 atom stereocenters. The minimum atomic E-state index is -0.630. The first-order chi connectivity index (χ1) is 12.4. The molecule has 0 fully saturated rings. The molecule has 134 valence electrons. The summed E-state index contributed by atoms with van der Waals surface area (Å²) in [7, 11) is 0. The number of halogens is 1. The summed E-state index contributed by atoms with van der Waals surface area (Å²) >= 11 is 6.32. The lowest BCUT2D eigenvalue weighted by molar-refractivity contribution is -0.122. The molecule has 0 aliphatic rings. The molecule has 0 bridgehead atoms. The SMILES string of the molecule is CC(=O)[C@H](C)Oc1cc2oc(=O)c(Cc3ccccc3)c(C)c2cc1Cl. The maximum absolute atomic E-state index is 12.5. The summed E-state index contributed by atoms with van der Waals surface area (Å²) in [6, 6.07) is 13.0. The quantitative estimate of drug-likeness (QED) is 0.611. The van der Waals surface area contributed by atoms with Gasteiger partial charge in [0.1, 0.15) is 11.3 Å². The van der Waals surface area contributed by atoms with Crippen molar-refractivity contribution in [2.24, 2.45) is 0 Å². The monoisotopic (exact) mass is 370 g/mol. The average Bonchev–Trinajstić information content (AvgIpc) is 2.61. The molecule has 5 heteroatoms. The number of hydrogen-bond acceptors (Lipinski definition) is 4. The third kappa shape index (κ3) is 3.65. The van der Waals surface area contributed by atoms with Crippen LogP contribution in [-0.2, 0) is 11.2 Å². The van der Waals surface area contributed by atoms with Crippen LogP contribution in [0.3, 0.4) is 0 Å². The average molecular weight is 371 g/mol. The zero-order chi connectivity index (χ0) is 18.8. The first kappa shape index (κ1) is 18.2. The Hall–Kier alpha value is -2.59. The van der Waals surface area contributed by atoms with Crippen molar-refractivity contribution in [2.45, 2.75) is 33.3 Å². The summed E-state index contributed by atoms with van der Waals surface area (Å²) in [6.45, 7) is 4.97. The minimum Gasteiger partial charge on any atom is -0.481 e. The lowest BCUT2D eigenvalue weighted by Crippen LogP contribution is -2.20. The van der Waals surface area contributed by atoms with Crippen molar-refractivity contribution >= 4 is 28.4 Å². The van der Waals surface area contributed by atoms with Gasteiger partial charge in [-0.05, 0) is 38.0 Å². The van der Waals surface area contributed by atoms with Crippen LogP contribution in [0.2, 0.25) is 5.02 Å². The molecule has 0 saturated carbocycles. The molecule has 0 unspecified atom stereocenters. The van der Waals surface area contributed by atoms with Crippen molar-refractivity contribution in [1.29, 1.82) is 0 Å². The smallest absolute Gasteiger partial charge is 0.340 e. The fourth-order valence-electron chi connectivity index (χ4n) is 2.76. The molecule has 2 aromatic carbocycles. The van der Waals surface area contributed by atoms with Crippen LogP contribution < -0.4 is 10.4 Å². The van der Waals surface area contributed by atoms with E-state index in [0.717, 1.165) is 16.5 Å². The van der Waals surface area contributed by atoms with Crippen molar-refractivity contribution in [3.05, 3.63) is 74.6 Å². The van der Waals surface area contributed by atoms with Crippen molar-refractivity contribution in [2.75, 3.05) is 0 Å². The normalized spacial score (nSPS) is 12.2. The molecule has 0 spiro atoms. The van der Waals surface area contributed by atoms with Crippen LogP contribution >= 0.6 is 11.6 Å². The highest BCUT2D eigenvalue weighted by Gasteiger charge is 2.17. The highest BCUT2D eigenvalue weighted by Crippen LogP contribution is 2.33. The predicted octanol–water partition coefficient (Wildman–Crippen LogP) is 4.70. The molecule has 26 heavy (non-hydrogen) atoms. The third-order valence-corrected chi connectivity index (χ3v) is 4.74. The van der Waals surface area contributed by atoms with Gasteiger partial charge in [0.25, 0.3) is 0 Å². The second-order valence-corrected chi connectivity index (χ2v) is 6.71. The Bertz CT molecular complexity index is 1020. The van der Waals surface area contributed by atoms with Gasteiger partial charge in [-0.2, -0.15) is 0 Å². The van der Waals surface area contributed by atoms with E-state index >= 15 is 0 Å². The topological polar surface area (TPSA) is 56.5 Å². The van der Waals surface area contributed by atoms with E-state index in [4.69, 9.17) is 20.8 Å². The molecule has 4 nitrogen and oxygen atoms in total. The first-order valence-electron chi connectivity index (χ1n) is 8.33. The molecule has 0 aliphatic carbocycles. The number of carbonyl (C=O) groups excluding carboxylic acids is 1. The van der Waals surface area contributed by atoms with Gasteiger partial charge in [-0.3, -0.25) is 4.79 Å². The van der Waals surface area contributed by atoms with E-state index in [1.165, 1.54) is 6.92 Å². The van der Waals surface area contributed by atoms with E-state index in [1.54, 1.807) is 19.1 Å². The zero-order valence-electron chi connectivity index (χ0n) is 14.8. The number of hydrogen-bond donors (Lipinski definition) is 0. The van der Waals surface area contributed by atoms with Gasteiger partial charge in [0.05, 0.1) is 5.02 Å². The van der Waals surface area contributed by atoms with Crippen LogP contribution in [-0.4, -0.2) is 11.9 Å². The Balaban J connectivity index is 2.07. The van der Waals surface area contributed by atoms with Gasteiger partial charge < -0.3 is 9.15 Å². The Labute approximate surface area is 156 Å². The van der Waals surface area contributed by atoms with Gasteiger partial charge in [-0.25, -0.2) is 4.79 Å². The third-order valence-electron chi connectivity index (χ3n) is 4.44. The van der Waals surface area contributed by atoms with E-state index in [0.29, 0.717) is 28.3 Å². The number of aryl methyl sites for hydroxylation is 1. The van der Waals surface area contributed by atoms with Gasteiger partial charge in [0.15, 0.2) is 11.9 Å². The van der Waals surface area contributed by atoms with Gasteiger partial charge in [-0.1, -0.05) is 41.9 Å². The summed E-state index contributed by atoms with van der Waals surface area (Å²) in [4.78, 5) is 23.9. The minimum absolute atomic E-state index is 0.114. The number of ether oxygens (including phenoxy) is 1. The Morgan fingerprint density at radius 3 is 2.58 bits per heavy atom. The van der Waals surface area contributed by atoms with E-state index < -0.39 is 6.10 Å². The fourth-order valence-corrected chi connectivity index (χ4v) is 2.97. The van der Waals surface area contributed by atoms with Gasteiger partial charge in [-0.15, -0.1) is 0 Å². The van der Waals surface area contributed by atoms with Crippen LogP contribution in [0.4, 0.5) is 0 Å².